The van der Waals surface area contributed by atoms with E-state index in [1.54, 1.807) is 12.1 Å². The van der Waals surface area contributed by atoms with Gasteiger partial charge in [-0.3, -0.25) is 24.0 Å². The van der Waals surface area contributed by atoms with Crippen LogP contribution in [0.3, 0.4) is 0 Å². The van der Waals surface area contributed by atoms with Crippen molar-refractivity contribution in [3.05, 3.63) is 47.3 Å². The lowest BCUT2D eigenvalue weighted by Gasteiger charge is -2.30. The number of rotatable bonds is 8. The molecule has 7 rings (SSSR count). The van der Waals surface area contributed by atoms with Crippen LogP contribution in [0, 0.1) is 11.7 Å². The summed E-state index contributed by atoms with van der Waals surface area (Å²) in [5.41, 5.74) is -0.570. The van der Waals surface area contributed by atoms with Crippen LogP contribution in [0.4, 0.5) is 14.0 Å². The van der Waals surface area contributed by atoms with Gasteiger partial charge in [-0.1, -0.05) is 37.1 Å². The number of benzene rings is 1. The van der Waals surface area contributed by atoms with E-state index in [-0.39, 0.29) is 51.6 Å². The van der Waals surface area contributed by atoms with Crippen LogP contribution in [0.15, 0.2) is 30.4 Å². The molecule has 6 aliphatic rings. The first-order valence-electron chi connectivity index (χ1n) is 19.4. The first kappa shape index (κ1) is 39.0. The molecule has 55 heavy (non-hydrogen) atoms. The zero-order valence-corrected chi connectivity index (χ0v) is 31.9. The largest absolute Gasteiger partial charge is 0.446 e. The summed E-state index contributed by atoms with van der Waals surface area (Å²) in [7, 11) is -2.77. The number of fused-ring (bicyclic) bond motifs is 3. The maximum atomic E-state index is 14.5. The molecule has 5 amide bonds. The number of hydrogen-bond donors (Lipinski definition) is 3. The second kappa shape index (κ2) is 15.7. The molecule has 0 unspecified atom stereocenters. The number of halogens is 1. The zero-order chi connectivity index (χ0) is 39.0. The number of carbonyl (C=O) groups is 5. The fourth-order valence-electron chi connectivity index (χ4n) is 8.44. The summed E-state index contributed by atoms with van der Waals surface area (Å²) < 4.78 is 58.8. The highest BCUT2D eigenvalue weighted by Gasteiger charge is 2.64. The van der Waals surface area contributed by atoms with Crippen molar-refractivity contribution in [3.8, 4) is 0 Å². The molecule has 3 aliphatic heterocycles. The van der Waals surface area contributed by atoms with Gasteiger partial charge in [0.15, 0.2) is 0 Å². The number of hydrogen-bond acceptors (Lipinski definition) is 10. The molecule has 1 aromatic carbocycles. The van der Waals surface area contributed by atoms with E-state index in [9.17, 15) is 36.8 Å². The molecule has 3 N–H and O–H groups in total. The first-order valence-corrected chi connectivity index (χ1v) is 20.9. The Labute approximate surface area is 320 Å². The summed E-state index contributed by atoms with van der Waals surface area (Å²) in [6.45, 7) is -0.152. The Balaban J connectivity index is 1.13. The molecule has 0 aromatic heterocycles. The predicted molar refractivity (Wildman–Crippen MR) is 194 cm³/mol. The fraction of sp³-hybridized carbons (Fsp3) is 0.658. The van der Waals surface area contributed by atoms with Crippen molar-refractivity contribution in [3.63, 3.8) is 0 Å². The fourth-order valence-corrected chi connectivity index (χ4v) is 10.00. The van der Waals surface area contributed by atoms with E-state index in [1.165, 1.54) is 23.0 Å². The highest BCUT2D eigenvalue weighted by Crippen LogP contribution is 2.48. The Kier molecular flexibility index (Phi) is 11.1. The zero-order valence-electron chi connectivity index (χ0n) is 31.1. The van der Waals surface area contributed by atoms with E-state index in [4.69, 9.17) is 14.2 Å². The minimum Gasteiger partial charge on any atom is -0.446 e. The molecule has 5 atom stereocenters. The van der Waals surface area contributed by atoms with Gasteiger partial charge in [0.1, 0.15) is 40.4 Å². The average molecular weight is 788 g/mol. The number of amides is 5. The summed E-state index contributed by atoms with van der Waals surface area (Å²) >= 11 is 0. The van der Waals surface area contributed by atoms with Gasteiger partial charge in [0.05, 0.1) is 19.7 Å². The topological polar surface area (TPSA) is 190 Å². The molecule has 4 fully saturated rings. The third kappa shape index (κ3) is 8.18. The number of nitrogens with one attached hydrogen (secondary N) is 3. The number of sulfonamides is 1. The first-order chi connectivity index (χ1) is 26.3. The van der Waals surface area contributed by atoms with Crippen molar-refractivity contribution in [1.29, 1.82) is 0 Å². The van der Waals surface area contributed by atoms with Crippen molar-refractivity contribution in [2.45, 2.75) is 131 Å². The van der Waals surface area contributed by atoms with Crippen LogP contribution in [-0.2, 0) is 51.7 Å². The number of methoxy groups -OCH3 is 1. The van der Waals surface area contributed by atoms with Crippen LogP contribution in [-0.4, -0.2) is 103 Å². The van der Waals surface area contributed by atoms with Crippen LogP contribution in [0.5, 0.6) is 0 Å². The normalized spacial score (nSPS) is 29.2. The van der Waals surface area contributed by atoms with Gasteiger partial charge < -0.3 is 29.7 Å². The summed E-state index contributed by atoms with van der Waals surface area (Å²) in [6, 6.07) is 2.32. The third-order valence-electron chi connectivity index (χ3n) is 12.0. The lowest BCUT2D eigenvalue weighted by Crippen LogP contribution is -2.59. The van der Waals surface area contributed by atoms with Gasteiger partial charge in [0, 0.05) is 31.6 Å². The summed E-state index contributed by atoms with van der Waals surface area (Å²) in [5, 5.41) is 5.55. The van der Waals surface area contributed by atoms with E-state index in [0.29, 0.717) is 36.8 Å². The van der Waals surface area contributed by atoms with E-state index in [0.717, 1.165) is 38.5 Å². The summed E-state index contributed by atoms with van der Waals surface area (Å²) in [4.78, 5) is 71.8. The van der Waals surface area contributed by atoms with Crippen molar-refractivity contribution < 1.29 is 51.0 Å². The maximum Gasteiger partial charge on any atom is 0.410 e. The van der Waals surface area contributed by atoms with E-state index >= 15 is 0 Å². The number of ether oxygens (including phenoxy) is 3. The van der Waals surface area contributed by atoms with Crippen LogP contribution in [0.1, 0.15) is 94.6 Å². The van der Waals surface area contributed by atoms with Gasteiger partial charge in [0.25, 0.3) is 5.91 Å². The minimum absolute atomic E-state index is 0.00364. The van der Waals surface area contributed by atoms with Crippen molar-refractivity contribution in [1.82, 2.24) is 25.2 Å². The average Bonchev–Trinajstić information content (AvgIpc) is 3.81. The second-order valence-electron chi connectivity index (χ2n) is 15.9. The van der Waals surface area contributed by atoms with Crippen LogP contribution >= 0.6 is 0 Å². The molecule has 1 aromatic rings. The standard InChI is InChI=1S/C38H50FN5O10S/c1-52-23-37(16-17-37)55(50,51)42-34(47)38-19-25(38)11-5-3-2-4-6-15-30(40-35(48)53-26-12-7-8-13-26)33(46)44-21-27(18-31(44)32(45)41-38)54-36(49)43-20-24-10-9-14-29(39)28(24)22-43/h5,9-11,14,25-27,30-31H,2-4,6-8,12-13,15-23H2,1H3,(H,40,48)(H,41,45)(H,42,47)/t25-,27-,30+,31+,38-/m1/s1. The summed E-state index contributed by atoms with van der Waals surface area (Å²) in [5.74, 6) is -3.13. The number of carbonyl (C=O) groups excluding carboxylic acids is 5. The number of nitrogens with zero attached hydrogens (tertiary/aromatic N) is 2. The Bertz CT molecular complexity index is 1830. The molecule has 3 saturated carbocycles. The predicted octanol–water partition coefficient (Wildman–Crippen LogP) is 3.31. The van der Waals surface area contributed by atoms with Gasteiger partial charge >= 0.3 is 12.2 Å². The SMILES string of the molecule is COCC1(S(=O)(=O)NC(=O)[C@@]23C[C@H]2C=CCCCCC[C@H](NC(=O)OC2CCCC2)C(=O)N2C[C@H](OC(=O)N4Cc5cccc(F)c5C4)C[C@H]2C(=O)N3)CC1. The molecule has 0 bridgehead atoms. The number of alkyl carbamates (subject to hydrolysis) is 1. The summed E-state index contributed by atoms with van der Waals surface area (Å²) in [6.07, 6.45) is 8.05. The van der Waals surface area contributed by atoms with Crippen molar-refractivity contribution in [2.75, 3.05) is 20.3 Å². The molecule has 17 heteroatoms. The molecule has 3 heterocycles. The highest BCUT2D eigenvalue weighted by molar-refractivity contribution is 7.91. The van der Waals surface area contributed by atoms with Gasteiger partial charge in [-0.2, -0.15) is 0 Å². The van der Waals surface area contributed by atoms with E-state index in [1.807, 2.05) is 12.2 Å². The van der Waals surface area contributed by atoms with Gasteiger partial charge in [0.2, 0.25) is 21.8 Å². The Hall–Kier alpha value is -4.25. The monoisotopic (exact) mass is 787 g/mol. The van der Waals surface area contributed by atoms with E-state index < -0.39 is 80.1 Å². The van der Waals surface area contributed by atoms with Gasteiger partial charge in [-0.05, 0) is 75.8 Å². The molecule has 300 valence electrons. The smallest absolute Gasteiger partial charge is 0.410 e. The molecular weight excluding hydrogens is 738 g/mol. The van der Waals surface area contributed by atoms with Crippen LogP contribution < -0.4 is 15.4 Å². The van der Waals surface area contributed by atoms with Gasteiger partial charge in [-0.25, -0.2) is 22.4 Å². The lowest BCUT2D eigenvalue weighted by molar-refractivity contribution is -0.141. The van der Waals surface area contributed by atoms with E-state index in [2.05, 4.69) is 15.4 Å². The minimum atomic E-state index is -4.16. The quantitative estimate of drug-likeness (QED) is 0.330. The molecule has 0 spiro atoms. The second-order valence-corrected chi connectivity index (χ2v) is 18.0. The molecule has 15 nitrogen and oxygen atoms in total. The van der Waals surface area contributed by atoms with Gasteiger partial charge in [-0.15, -0.1) is 0 Å². The molecular formula is C38H50FN5O10S. The van der Waals surface area contributed by atoms with Crippen molar-refractivity contribution in [2.24, 2.45) is 5.92 Å². The van der Waals surface area contributed by atoms with Crippen molar-refractivity contribution >= 4 is 39.9 Å². The Morgan fingerprint density at radius 2 is 1.76 bits per heavy atom. The third-order valence-corrected chi connectivity index (χ3v) is 14.1. The highest BCUT2D eigenvalue weighted by atomic mass is 32.2. The molecule has 0 radical (unpaired) electrons. The Morgan fingerprint density at radius 3 is 2.49 bits per heavy atom. The molecule has 3 aliphatic carbocycles. The molecule has 1 saturated heterocycles. The van der Waals surface area contributed by atoms with Crippen LogP contribution in [0.25, 0.3) is 0 Å². The Morgan fingerprint density at radius 1 is 1.00 bits per heavy atom. The maximum absolute atomic E-state index is 14.5. The number of allylic oxidation sites excluding steroid dienone is 1. The van der Waals surface area contributed by atoms with Crippen LogP contribution in [0.2, 0.25) is 0 Å². The lowest BCUT2D eigenvalue weighted by atomic mass is 10.0.